The molecule has 21 heavy (non-hydrogen) atoms. The third-order valence-corrected chi connectivity index (χ3v) is 3.89. The molecule has 1 amide bonds. The average Bonchev–Trinajstić information content (AvgIpc) is 2.52. The Morgan fingerprint density at radius 3 is 2.43 bits per heavy atom. The minimum absolute atomic E-state index is 0.00273. The predicted molar refractivity (Wildman–Crippen MR) is 87.5 cm³/mol. The van der Waals surface area contributed by atoms with Gasteiger partial charge in [-0.25, -0.2) is 0 Å². The molecular formula is C19H23NO. The highest BCUT2D eigenvalue weighted by Crippen LogP contribution is 2.14. The van der Waals surface area contributed by atoms with Crippen molar-refractivity contribution < 1.29 is 4.79 Å². The molecule has 0 aliphatic heterocycles. The van der Waals surface area contributed by atoms with Crippen LogP contribution in [-0.2, 0) is 19.4 Å². The summed E-state index contributed by atoms with van der Waals surface area (Å²) in [5.41, 5.74) is 5.60. The molecule has 0 atom stereocenters. The lowest BCUT2D eigenvalue weighted by molar-refractivity contribution is 0.0950. The zero-order valence-corrected chi connectivity index (χ0v) is 13.1. The average molecular weight is 281 g/mol. The minimum atomic E-state index is -0.00273. The smallest absolute Gasteiger partial charge is 0.251 e. The fourth-order valence-electron chi connectivity index (χ4n) is 2.51. The van der Waals surface area contributed by atoms with E-state index in [9.17, 15) is 4.79 Å². The Balaban J connectivity index is 2.12. The summed E-state index contributed by atoms with van der Waals surface area (Å²) in [6, 6.07) is 14.2. The second-order valence-corrected chi connectivity index (χ2v) is 5.31. The van der Waals surface area contributed by atoms with Crippen molar-refractivity contribution in [1.29, 1.82) is 0 Å². The molecule has 0 aliphatic rings. The van der Waals surface area contributed by atoms with Crippen LogP contribution in [0.2, 0.25) is 0 Å². The van der Waals surface area contributed by atoms with Crippen molar-refractivity contribution in [1.82, 2.24) is 5.32 Å². The van der Waals surface area contributed by atoms with Gasteiger partial charge in [0.2, 0.25) is 0 Å². The summed E-state index contributed by atoms with van der Waals surface area (Å²) in [7, 11) is 0. The van der Waals surface area contributed by atoms with Crippen molar-refractivity contribution in [3.05, 3.63) is 70.3 Å². The van der Waals surface area contributed by atoms with Crippen molar-refractivity contribution in [2.24, 2.45) is 0 Å². The summed E-state index contributed by atoms with van der Waals surface area (Å²) < 4.78 is 0. The molecule has 0 fully saturated rings. The lowest BCUT2D eigenvalue weighted by Crippen LogP contribution is -2.24. The number of carbonyl (C=O) groups excluding carboxylic acids is 1. The zero-order valence-electron chi connectivity index (χ0n) is 13.1. The molecule has 110 valence electrons. The minimum Gasteiger partial charge on any atom is -0.348 e. The Morgan fingerprint density at radius 1 is 1.00 bits per heavy atom. The van der Waals surface area contributed by atoms with Gasteiger partial charge in [-0.2, -0.15) is 0 Å². The molecule has 1 N–H and O–H groups in total. The zero-order chi connectivity index (χ0) is 15.2. The van der Waals surface area contributed by atoms with Crippen LogP contribution in [0.25, 0.3) is 0 Å². The Morgan fingerprint density at radius 2 is 1.76 bits per heavy atom. The van der Waals surface area contributed by atoms with Crippen LogP contribution in [0.3, 0.4) is 0 Å². The fraction of sp³-hybridized carbons (Fsp3) is 0.316. The van der Waals surface area contributed by atoms with E-state index >= 15 is 0 Å². The van der Waals surface area contributed by atoms with E-state index in [1.165, 1.54) is 16.7 Å². The molecule has 2 aromatic carbocycles. The predicted octanol–water partition coefficient (Wildman–Crippen LogP) is 4.05. The SMILES string of the molecule is CCc1ccc(CC)c(CNC(=O)c2ccccc2C)c1. The molecule has 2 heteroatoms. The van der Waals surface area contributed by atoms with Gasteiger partial charge in [0.05, 0.1) is 0 Å². The van der Waals surface area contributed by atoms with Gasteiger partial charge < -0.3 is 5.32 Å². The Kier molecular flexibility index (Phi) is 5.15. The van der Waals surface area contributed by atoms with Crippen LogP contribution in [0.4, 0.5) is 0 Å². The second-order valence-electron chi connectivity index (χ2n) is 5.31. The molecular weight excluding hydrogens is 258 g/mol. The Labute approximate surface area is 127 Å². The number of hydrogen-bond acceptors (Lipinski definition) is 1. The molecule has 0 spiro atoms. The maximum atomic E-state index is 12.3. The number of hydrogen-bond donors (Lipinski definition) is 1. The van der Waals surface area contributed by atoms with E-state index in [2.05, 4.69) is 37.4 Å². The van der Waals surface area contributed by atoms with Crippen LogP contribution < -0.4 is 5.32 Å². The number of carbonyl (C=O) groups is 1. The van der Waals surface area contributed by atoms with Crippen LogP contribution in [0.5, 0.6) is 0 Å². The highest BCUT2D eigenvalue weighted by atomic mass is 16.1. The van der Waals surface area contributed by atoms with Crippen LogP contribution in [0, 0.1) is 6.92 Å². The van der Waals surface area contributed by atoms with Gasteiger partial charge in [0.15, 0.2) is 0 Å². The molecule has 0 bridgehead atoms. The van der Waals surface area contributed by atoms with E-state index in [4.69, 9.17) is 0 Å². The summed E-state index contributed by atoms with van der Waals surface area (Å²) >= 11 is 0. The van der Waals surface area contributed by atoms with Crippen LogP contribution in [0.1, 0.15) is 46.5 Å². The molecule has 2 rings (SSSR count). The first-order valence-corrected chi connectivity index (χ1v) is 7.60. The first-order chi connectivity index (χ1) is 10.2. The molecule has 0 saturated carbocycles. The standard InChI is InChI=1S/C19H23NO/c1-4-15-10-11-16(5-2)17(12-15)13-20-19(21)18-9-7-6-8-14(18)3/h6-12H,4-5,13H2,1-3H3,(H,20,21). The largest absolute Gasteiger partial charge is 0.348 e. The number of amides is 1. The number of aryl methyl sites for hydroxylation is 3. The van der Waals surface area contributed by atoms with E-state index in [0.717, 1.165) is 24.0 Å². The summed E-state index contributed by atoms with van der Waals surface area (Å²) in [4.78, 5) is 12.3. The maximum Gasteiger partial charge on any atom is 0.251 e. The van der Waals surface area contributed by atoms with Gasteiger partial charge in [-0.1, -0.05) is 50.2 Å². The van der Waals surface area contributed by atoms with E-state index < -0.39 is 0 Å². The lowest BCUT2D eigenvalue weighted by atomic mass is 10.0. The van der Waals surface area contributed by atoms with E-state index in [-0.39, 0.29) is 5.91 Å². The highest BCUT2D eigenvalue weighted by molar-refractivity contribution is 5.95. The van der Waals surface area contributed by atoms with Gasteiger partial charge in [-0.05, 0) is 48.1 Å². The van der Waals surface area contributed by atoms with Gasteiger partial charge in [0, 0.05) is 12.1 Å². The van der Waals surface area contributed by atoms with Gasteiger partial charge in [-0.15, -0.1) is 0 Å². The summed E-state index contributed by atoms with van der Waals surface area (Å²) in [6.07, 6.45) is 2.00. The maximum absolute atomic E-state index is 12.3. The topological polar surface area (TPSA) is 29.1 Å². The van der Waals surface area contributed by atoms with Crippen LogP contribution in [-0.4, -0.2) is 5.91 Å². The fourth-order valence-corrected chi connectivity index (χ4v) is 2.51. The van der Waals surface area contributed by atoms with Crippen molar-refractivity contribution in [2.45, 2.75) is 40.2 Å². The van der Waals surface area contributed by atoms with E-state index in [1.807, 2.05) is 31.2 Å². The van der Waals surface area contributed by atoms with Gasteiger partial charge in [0.1, 0.15) is 0 Å². The van der Waals surface area contributed by atoms with Crippen molar-refractivity contribution >= 4 is 5.91 Å². The Hall–Kier alpha value is -2.09. The molecule has 0 aliphatic carbocycles. The summed E-state index contributed by atoms with van der Waals surface area (Å²) in [6.45, 7) is 6.85. The molecule has 0 saturated heterocycles. The van der Waals surface area contributed by atoms with Gasteiger partial charge in [0.25, 0.3) is 5.91 Å². The quantitative estimate of drug-likeness (QED) is 0.880. The van der Waals surface area contributed by atoms with Gasteiger partial charge in [-0.3, -0.25) is 4.79 Å². The van der Waals surface area contributed by atoms with Gasteiger partial charge >= 0.3 is 0 Å². The third kappa shape index (κ3) is 3.72. The second kappa shape index (κ2) is 7.07. The highest BCUT2D eigenvalue weighted by Gasteiger charge is 2.09. The van der Waals surface area contributed by atoms with E-state index in [0.29, 0.717) is 6.54 Å². The number of benzene rings is 2. The van der Waals surface area contributed by atoms with Crippen molar-refractivity contribution in [2.75, 3.05) is 0 Å². The normalized spacial score (nSPS) is 10.4. The molecule has 0 heterocycles. The van der Waals surface area contributed by atoms with Crippen LogP contribution in [0.15, 0.2) is 42.5 Å². The molecule has 2 aromatic rings. The molecule has 0 radical (unpaired) electrons. The first-order valence-electron chi connectivity index (χ1n) is 7.60. The first kappa shape index (κ1) is 15.3. The lowest BCUT2D eigenvalue weighted by Gasteiger charge is -2.12. The number of nitrogens with one attached hydrogen (secondary N) is 1. The Bertz CT molecular complexity index is 631. The number of rotatable bonds is 5. The van der Waals surface area contributed by atoms with Crippen molar-refractivity contribution in [3.63, 3.8) is 0 Å². The van der Waals surface area contributed by atoms with E-state index in [1.54, 1.807) is 0 Å². The molecule has 0 aromatic heterocycles. The van der Waals surface area contributed by atoms with Crippen LogP contribution >= 0.6 is 0 Å². The monoisotopic (exact) mass is 281 g/mol. The summed E-state index contributed by atoms with van der Waals surface area (Å²) in [5.74, 6) is -0.00273. The molecule has 2 nitrogen and oxygen atoms in total. The molecule has 0 unspecified atom stereocenters. The third-order valence-electron chi connectivity index (χ3n) is 3.89. The summed E-state index contributed by atoms with van der Waals surface area (Å²) in [5, 5.41) is 3.04. The van der Waals surface area contributed by atoms with Crippen molar-refractivity contribution in [3.8, 4) is 0 Å².